The van der Waals surface area contributed by atoms with E-state index in [1.807, 2.05) is 18.5 Å². The summed E-state index contributed by atoms with van der Waals surface area (Å²) in [6, 6.07) is 0. The number of nitrogens with one attached hydrogen (secondary N) is 1. The Bertz CT molecular complexity index is 335. The second-order valence-corrected chi connectivity index (χ2v) is 4.14. The quantitative estimate of drug-likeness (QED) is 0.893. The van der Waals surface area contributed by atoms with Gasteiger partial charge in [0.15, 0.2) is 0 Å². The van der Waals surface area contributed by atoms with Gasteiger partial charge >= 0.3 is 0 Å². The highest BCUT2D eigenvalue weighted by Crippen LogP contribution is 2.15. The van der Waals surface area contributed by atoms with Crippen LogP contribution in [0.25, 0.3) is 0 Å². The van der Waals surface area contributed by atoms with Crippen molar-refractivity contribution in [2.24, 2.45) is 0 Å². The highest BCUT2D eigenvalue weighted by molar-refractivity contribution is 9.10. The van der Waals surface area contributed by atoms with E-state index >= 15 is 0 Å². The van der Waals surface area contributed by atoms with Crippen molar-refractivity contribution >= 4 is 21.8 Å². The fraction of sp³-hybridized carbons (Fsp3) is 0.600. The van der Waals surface area contributed by atoms with Crippen LogP contribution in [0.4, 0.5) is 0 Å². The summed E-state index contributed by atoms with van der Waals surface area (Å²) < 4.78 is 2.82. The molecule has 0 bridgehead atoms. The van der Waals surface area contributed by atoms with Crippen LogP contribution >= 0.6 is 15.9 Å². The number of amides is 1. The highest BCUT2D eigenvalue weighted by Gasteiger charge is 2.08. The molecule has 1 aromatic heterocycles. The molecule has 1 N–H and O–H groups in total. The van der Waals surface area contributed by atoms with E-state index in [0.29, 0.717) is 13.0 Å². The Labute approximate surface area is 98.2 Å². The lowest BCUT2D eigenvalue weighted by molar-refractivity contribution is -0.121. The van der Waals surface area contributed by atoms with E-state index in [0.717, 1.165) is 23.1 Å². The fourth-order valence-electron chi connectivity index (χ4n) is 1.33. The van der Waals surface area contributed by atoms with Gasteiger partial charge in [0.05, 0.1) is 22.9 Å². The monoisotopic (exact) mass is 273 g/mol. The molecule has 0 radical (unpaired) electrons. The summed E-state index contributed by atoms with van der Waals surface area (Å²) in [7, 11) is 0. The van der Waals surface area contributed by atoms with Gasteiger partial charge in [0.2, 0.25) is 5.91 Å². The van der Waals surface area contributed by atoms with E-state index < -0.39 is 0 Å². The number of hydrogen-bond donors (Lipinski definition) is 1. The van der Waals surface area contributed by atoms with E-state index in [4.69, 9.17) is 0 Å². The van der Waals surface area contributed by atoms with Gasteiger partial charge < -0.3 is 5.32 Å². The number of aryl methyl sites for hydroxylation is 1. The molecule has 1 rings (SSSR count). The average Bonchev–Trinajstić information content (AvgIpc) is 2.57. The second-order valence-electron chi connectivity index (χ2n) is 3.28. The van der Waals surface area contributed by atoms with Crippen molar-refractivity contribution in [2.75, 3.05) is 0 Å². The molecule has 1 heterocycles. The summed E-state index contributed by atoms with van der Waals surface area (Å²) in [6.07, 6.45) is 3.21. The summed E-state index contributed by atoms with van der Waals surface area (Å²) in [5.74, 6) is 0.0910. The van der Waals surface area contributed by atoms with Crippen molar-refractivity contribution in [1.29, 1.82) is 0 Å². The number of nitrogens with zero attached hydrogens (tertiary/aromatic N) is 2. The summed E-state index contributed by atoms with van der Waals surface area (Å²) in [5.41, 5.74) is 1.02. The minimum atomic E-state index is 0.0910. The summed E-state index contributed by atoms with van der Waals surface area (Å²) in [6.45, 7) is 5.36. The SMILES string of the molecule is CCCC(=O)NCc1c(Br)cnn1CC. The van der Waals surface area contributed by atoms with E-state index in [2.05, 4.69) is 26.3 Å². The van der Waals surface area contributed by atoms with Gasteiger partial charge in [0.1, 0.15) is 0 Å². The third-order valence-corrected chi connectivity index (χ3v) is 2.79. The molecule has 84 valence electrons. The summed E-state index contributed by atoms with van der Waals surface area (Å²) in [5, 5.41) is 7.05. The van der Waals surface area contributed by atoms with Crippen LogP contribution in [0.1, 0.15) is 32.4 Å². The van der Waals surface area contributed by atoms with E-state index in [9.17, 15) is 4.79 Å². The number of carbonyl (C=O) groups is 1. The van der Waals surface area contributed by atoms with Crippen LogP contribution in [-0.4, -0.2) is 15.7 Å². The molecule has 0 aliphatic heterocycles. The van der Waals surface area contributed by atoms with Crippen LogP contribution in [-0.2, 0) is 17.9 Å². The van der Waals surface area contributed by atoms with Crippen LogP contribution in [0.5, 0.6) is 0 Å². The van der Waals surface area contributed by atoms with E-state index in [-0.39, 0.29) is 5.91 Å². The lowest BCUT2D eigenvalue weighted by Crippen LogP contribution is -2.24. The molecular weight excluding hydrogens is 258 g/mol. The molecular formula is C10H16BrN3O. The Hall–Kier alpha value is -0.840. The van der Waals surface area contributed by atoms with Gasteiger partial charge in [-0.3, -0.25) is 9.48 Å². The van der Waals surface area contributed by atoms with Crippen LogP contribution < -0.4 is 5.32 Å². The highest BCUT2D eigenvalue weighted by atomic mass is 79.9. The normalized spacial score (nSPS) is 10.3. The average molecular weight is 274 g/mol. The van der Waals surface area contributed by atoms with Crippen molar-refractivity contribution in [1.82, 2.24) is 15.1 Å². The Morgan fingerprint density at radius 3 is 2.93 bits per heavy atom. The summed E-state index contributed by atoms with van der Waals surface area (Å²) >= 11 is 3.41. The molecule has 0 fully saturated rings. The standard InChI is InChI=1S/C10H16BrN3O/c1-3-5-10(15)12-7-9-8(11)6-13-14(9)4-2/h6H,3-5,7H2,1-2H3,(H,12,15). The summed E-state index contributed by atoms with van der Waals surface area (Å²) in [4.78, 5) is 11.3. The van der Waals surface area contributed by atoms with Gasteiger partial charge in [-0.25, -0.2) is 0 Å². The molecule has 4 nitrogen and oxygen atoms in total. The predicted molar refractivity (Wildman–Crippen MR) is 62.4 cm³/mol. The zero-order valence-electron chi connectivity index (χ0n) is 9.09. The molecule has 0 saturated carbocycles. The van der Waals surface area contributed by atoms with Gasteiger partial charge in [-0.05, 0) is 29.3 Å². The van der Waals surface area contributed by atoms with Gasteiger partial charge in [0.25, 0.3) is 0 Å². The lowest BCUT2D eigenvalue weighted by Gasteiger charge is -2.07. The molecule has 1 amide bonds. The molecule has 0 aliphatic carbocycles. The third-order valence-electron chi connectivity index (χ3n) is 2.13. The number of hydrogen-bond acceptors (Lipinski definition) is 2. The van der Waals surface area contributed by atoms with Gasteiger partial charge in [-0.15, -0.1) is 0 Å². The maximum Gasteiger partial charge on any atom is 0.220 e. The smallest absolute Gasteiger partial charge is 0.220 e. The molecule has 15 heavy (non-hydrogen) atoms. The van der Waals surface area contributed by atoms with E-state index in [1.165, 1.54) is 0 Å². The molecule has 0 saturated heterocycles. The molecule has 5 heteroatoms. The third kappa shape index (κ3) is 3.34. The van der Waals surface area contributed by atoms with Crippen molar-refractivity contribution in [3.63, 3.8) is 0 Å². The van der Waals surface area contributed by atoms with Crippen molar-refractivity contribution in [3.05, 3.63) is 16.4 Å². The number of carbonyl (C=O) groups excluding carboxylic acids is 1. The molecule has 1 aromatic rings. The topological polar surface area (TPSA) is 46.9 Å². The van der Waals surface area contributed by atoms with Crippen molar-refractivity contribution in [3.8, 4) is 0 Å². The maximum absolute atomic E-state index is 11.3. The maximum atomic E-state index is 11.3. The number of halogens is 1. The largest absolute Gasteiger partial charge is 0.350 e. The first-order chi connectivity index (χ1) is 7.19. The second kappa shape index (κ2) is 5.90. The van der Waals surface area contributed by atoms with Gasteiger partial charge in [-0.2, -0.15) is 5.10 Å². The van der Waals surface area contributed by atoms with Crippen molar-refractivity contribution < 1.29 is 4.79 Å². The zero-order chi connectivity index (χ0) is 11.3. The van der Waals surface area contributed by atoms with Gasteiger partial charge in [0, 0.05) is 13.0 Å². The zero-order valence-corrected chi connectivity index (χ0v) is 10.7. The first-order valence-corrected chi connectivity index (χ1v) is 5.95. The van der Waals surface area contributed by atoms with Gasteiger partial charge in [-0.1, -0.05) is 6.92 Å². The Balaban J connectivity index is 2.56. The molecule has 0 aliphatic rings. The molecule has 0 unspecified atom stereocenters. The first kappa shape index (κ1) is 12.2. The molecule has 0 aromatic carbocycles. The lowest BCUT2D eigenvalue weighted by atomic mass is 10.3. The van der Waals surface area contributed by atoms with Crippen LogP contribution in [0, 0.1) is 0 Å². The number of rotatable bonds is 5. The Morgan fingerprint density at radius 2 is 2.33 bits per heavy atom. The minimum Gasteiger partial charge on any atom is -0.350 e. The van der Waals surface area contributed by atoms with Crippen LogP contribution in [0.2, 0.25) is 0 Å². The molecule has 0 spiro atoms. The minimum absolute atomic E-state index is 0.0910. The fourth-order valence-corrected chi connectivity index (χ4v) is 1.77. The first-order valence-electron chi connectivity index (χ1n) is 5.15. The molecule has 0 atom stereocenters. The Kier molecular flexibility index (Phi) is 4.81. The van der Waals surface area contributed by atoms with Crippen LogP contribution in [0.3, 0.4) is 0 Å². The number of aromatic nitrogens is 2. The van der Waals surface area contributed by atoms with Crippen LogP contribution in [0.15, 0.2) is 10.7 Å². The predicted octanol–water partition coefficient (Wildman–Crippen LogP) is 2.08. The van der Waals surface area contributed by atoms with E-state index in [1.54, 1.807) is 6.20 Å². The Morgan fingerprint density at radius 1 is 1.60 bits per heavy atom. The van der Waals surface area contributed by atoms with Crippen molar-refractivity contribution in [2.45, 2.75) is 39.8 Å².